The maximum atomic E-state index is 13.6. The maximum Gasteiger partial charge on any atom is 0.258 e. The fourth-order valence-electron chi connectivity index (χ4n) is 1.52. The van der Waals surface area contributed by atoms with Gasteiger partial charge in [-0.05, 0) is 12.1 Å². The van der Waals surface area contributed by atoms with Gasteiger partial charge in [-0.2, -0.15) is 0 Å². The molecule has 0 fully saturated rings. The Hall–Kier alpha value is -1.66. The summed E-state index contributed by atoms with van der Waals surface area (Å²) in [5.41, 5.74) is 5.34. The summed E-state index contributed by atoms with van der Waals surface area (Å²) in [6.45, 7) is 0.468. The van der Waals surface area contributed by atoms with Gasteiger partial charge in [0.05, 0.1) is 19.8 Å². The second-order valence-corrected chi connectivity index (χ2v) is 3.68. The SMILES string of the molecule is COCC(CN)NC(=O)c1c(F)cccc1OC. The van der Waals surface area contributed by atoms with E-state index in [-0.39, 0.29) is 30.5 Å². The molecule has 1 rings (SSSR count). The molecule has 0 spiro atoms. The Kier molecular flexibility index (Phi) is 5.54. The molecule has 0 radical (unpaired) electrons. The van der Waals surface area contributed by atoms with Crippen LogP contribution in [0.5, 0.6) is 5.75 Å². The van der Waals surface area contributed by atoms with E-state index in [0.29, 0.717) is 0 Å². The standard InChI is InChI=1S/C12H17FN2O3/c1-17-7-8(6-14)15-12(16)11-9(13)4-3-5-10(11)18-2/h3-5,8H,6-7,14H2,1-2H3,(H,15,16). The molecule has 0 aromatic heterocycles. The topological polar surface area (TPSA) is 73.6 Å². The normalized spacial score (nSPS) is 12.0. The molecule has 0 aliphatic heterocycles. The minimum atomic E-state index is -0.639. The lowest BCUT2D eigenvalue weighted by atomic mass is 10.1. The summed E-state index contributed by atoms with van der Waals surface area (Å²) in [5.74, 6) is -1.03. The average molecular weight is 256 g/mol. The zero-order valence-corrected chi connectivity index (χ0v) is 10.4. The Bertz CT molecular complexity index is 412. The van der Waals surface area contributed by atoms with Crippen LogP contribution in [0.1, 0.15) is 10.4 Å². The number of nitrogens with two attached hydrogens (primary N) is 1. The lowest BCUT2D eigenvalue weighted by Crippen LogP contribution is -2.43. The number of hydrogen-bond donors (Lipinski definition) is 2. The van der Waals surface area contributed by atoms with E-state index in [0.717, 1.165) is 0 Å². The van der Waals surface area contributed by atoms with E-state index in [1.54, 1.807) is 0 Å². The van der Waals surface area contributed by atoms with Gasteiger partial charge >= 0.3 is 0 Å². The molecule has 0 aliphatic carbocycles. The van der Waals surface area contributed by atoms with Gasteiger partial charge in [0.1, 0.15) is 17.1 Å². The summed E-state index contributed by atoms with van der Waals surface area (Å²) in [6, 6.07) is 3.82. The first kappa shape index (κ1) is 14.4. The van der Waals surface area contributed by atoms with Crippen LogP contribution in [0, 0.1) is 5.82 Å². The predicted molar refractivity (Wildman–Crippen MR) is 65.1 cm³/mol. The van der Waals surface area contributed by atoms with E-state index in [1.807, 2.05) is 0 Å². The van der Waals surface area contributed by atoms with Gasteiger partial charge in [0.2, 0.25) is 0 Å². The molecule has 1 unspecified atom stereocenters. The Morgan fingerprint density at radius 2 is 2.22 bits per heavy atom. The monoisotopic (exact) mass is 256 g/mol. The minimum Gasteiger partial charge on any atom is -0.496 e. The molecule has 18 heavy (non-hydrogen) atoms. The molecule has 0 saturated carbocycles. The van der Waals surface area contributed by atoms with Crippen LogP contribution in [0.2, 0.25) is 0 Å². The zero-order chi connectivity index (χ0) is 13.5. The van der Waals surface area contributed by atoms with Crippen LogP contribution in [0.25, 0.3) is 0 Å². The van der Waals surface area contributed by atoms with Gasteiger partial charge in [0.25, 0.3) is 5.91 Å². The third-order valence-corrected chi connectivity index (χ3v) is 2.41. The van der Waals surface area contributed by atoms with Crippen LogP contribution in [0.4, 0.5) is 4.39 Å². The Balaban J connectivity index is 2.89. The first-order valence-corrected chi connectivity index (χ1v) is 5.46. The largest absolute Gasteiger partial charge is 0.496 e. The maximum absolute atomic E-state index is 13.6. The predicted octanol–water partition coefficient (Wildman–Crippen LogP) is 0.538. The van der Waals surface area contributed by atoms with E-state index in [1.165, 1.54) is 32.4 Å². The van der Waals surface area contributed by atoms with Gasteiger partial charge in [-0.25, -0.2) is 4.39 Å². The van der Waals surface area contributed by atoms with Crippen molar-refractivity contribution in [2.24, 2.45) is 5.73 Å². The first-order chi connectivity index (χ1) is 8.63. The molecule has 1 aromatic rings. The molecule has 0 heterocycles. The third kappa shape index (κ3) is 3.41. The molecular weight excluding hydrogens is 239 g/mol. The van der Waals surface area contributed by atoms with Gasteiger partial charge in [-0.1, -0.05) is 6.07 Å². The number of nitrogens with one attached hydrogen (secondary N) is 1. The molecule has 0 bridgehead atoms. The van der Waals surface area contributed by atoms with Crippen molar-refractivity contribution in [1.82, 2.24) is 5.32 Å². The van der Waals surface area contributed by atoms with E-state index < -0.39 is 11.7 Å². The van der Waals surface area contributed by atoms with Crippen LogP contribution in [0.3, 0.4) is 0 Å². The lowest BCUT2D eigenvalue weighted by Gasteiger charge is -2.17. The number of carbonyl (C=O) groups excluding carboxylic acids is 1. The summed E-state index contributed by atoms with van der Waals surface area (Å²) < 4.78 is 23.5. The second-order valence-electron chi connectivity index (χ2n) is 3.68. The molecule has 0 aliphatic rings. The van der Waals surface area contributed by atoms with Crippen LogP contribution in [-0.2, 0) is 4.74 Å². The zero-order valence-electron chi connectivity index (χ0n) is 10.4. The summed E-state index contributed by atoms with van der Waals surface area (Å²) >= 11 is 0. The van der Waals surface area contributed by atoms with Crippen LogP contribution < -0.4 is 15.8 Å². The summed E-state index contributed by atoms with van der Waals surface area (Å²) in [5, 5.41) is 2.59. The Labute approximate surface area is 105 Å². The quantitative estimate of drug-likeness (QED) is 0.779. The van der Waals surface area contributed by atoms with Gasteiger partial charge in [0, 0.05) is 13.7 Å². The minimum absolute atomic E-state index is 0.130. The molecule has 100 valence electrons. The summed E-state index contributed by atoms with van der Waals surface area (Å²) in [7, 11) is 2.87. The Morgan fingerprint density at radius 1 is 1.50 bits per heavy atom. The highest BCUT2D eigenvalue weighted by atomic mass is 19.1. The number of ether oxygens (including phenoxy) is 2. The number of halogens is 1. The number of methoxy groups -OCH3 is 2. The van der Waals surface area contributed by atoms with Gasteiger partial charge < -0.3 is 20.5 Å². The fourth-order valence-corrected chi connectivity index (χ4v) is 1.52. The number of hydrogen-bond acceptors (Lipinski definition) is 4. The molecular formula is C12H17FN2O3. The van der Waals surface area contributed by atoms with Crippen LogP contribution in [-0.4, -0.2) is 39.3 Å². The fraction of sp³-hybridized carbons (Fsp3) is 0.417. The summed E-state index contributed by atoms with van der Waals surface area (Å²) in [6.07, 6.45) is 0. The van der Waals surface area contributed by atoms with Crippen molar-refractivity contribution >= 4 is 5.91 Å². The number of amides is 1. The highest BCUT2D eigenvalue weighted by Crippen LogP contribution is 2.20. The van der Waals surface area contributed by atoms with Crippen molar-refractivity contribution in [2.75, 3.05) is 27.4 Å². The van der Waals surface area contributed by atoms with Crippen molar-refractivity contribution in [3.63, 3.8) is 0 Å². The molecule has 1 aromatic carbocycles. The molecule has 0 saturated heterocycles. The molecule has 1 amide bonds. The van der Waals surface area contributed by atoms with Crippen LogP contribution in [0.15, 0.2) is 18.2 Å². The average Bonchev–Trinajstić information content (AvgIpc) is 2.37. The van der Waals surface area contributed by atoms with E-state index >= 15 is 0 Å². The van der Waals surface area contributed by atoms with Crippen molar-refractivity contribution < 1.29 is 18.7 Å². The van der Waals surface area contributed by atoms with E-state index in [9.17, 15) is 9.18 Å². The Morgan fingerprint density at radius 3 is 2.78 bits per heavy atom. The van der Waals surface area contributed by atoms with Crippen molar-refractivity contribution in [3.05, 3.63) is 29.6 Å². The number of carbonyl (C=O) groups is 1. The number of rotatable bonds is 6. The van der Waals surface area contributed by atoms with Gasteiger partial charge in [-0.3, -0.25) is 4.79 Å². The van der Waals surface area contributed by atoms with E-state index in [4.69, 9.17) is 15.2 Å². The smallest absolute Gasteiger partial charge is 0.258 e. The lowest BCUT2D eigenvalue weighted by molar-refractivity contribution is 0.0893. The van der Waals surface area contributed by atoms with Crippen molar-refractivity contribution in [2.45, 2.75) is 6.04 Å². The van der Waals surface area contributed by atoms with Gasteiger partial charge in [0.15, 0.2) is 0 Å². The second kappa shape index (κ2) is 6.93. The highest BCUT2D eigenvalue weighted by molar-refractivity contribution is 5.97. The third-order valence-electron chi connectivity index (χ3n) is 2.41. The molecule has 5 nitrogen and oxygen atoms in total. The van der Waals surface area contributed by atoms with Crippen molar-refractivity contribution in [1.29, 1.82) is 0 Å². The highest BCUT2D eigenvalue weighted by Gasteiger charge is 2.20. The molecule has 6 heteroatoms. The first-order valence-electron chi connectivity index (χ1n) is 5.46. The molecule has 3 N–H and O–H groups in total. The number of benzene rings is 1. The van der Waals surface area contributed by atoms with Crippen molar-refractivity contribution in [3.8, 4) is 5.75 Å². The van der Waals surface area contributed by atoms with E-state index in [2.05, 4.69) is 5.32 Å². The summed E-state index contributed by atoms with van der Waals surface area (Å²) in [4.78, 5) is 11.9. The van der Waals surface area contributed by atoms with Gasteiger partial charge in [-0.15, -0.1) is 0 Å². The van der Waals surface area contributed by atoms with Crippen LogP contribution >= 0.6 is 0 Å². The molecule has 1 atom stereocenters.